The summed E-state index contributed by atoms with van der Waals surface area (Å²) in [6, 6.07) is 7.62. The van der Waals surface area contributed by atoms with E-state index >= 15 is 0 Å². The van der Waals surface area contributed by atoms with Crippen LogP contribution < -0.4 is 10.9 Å². The predicted molar refractivity (Wildman–Crippen MR) is 112 cm³/mol. The van der Waals surface area contributed by atoms with Crippen molar-refractivity contribution in [1.29, 1.82) is 0 Å². The number of nitrogens with one attached hydrogen (secondary N) is 1. The number of carbonyl (C=O) groups is 1. The molecule has 3 aromatic rings. The summed E-state index contributed by atoms with van der Waals surface area (Å²) >= 11 is 0. The summed E-state index contributed by atoms with van der Waals surface area (Å²) in [5, 5.41) is 12.9. The average Bonchev–Trinajstić information content (AvgIpc) is 2.70. The SMILES string of the molecule is Cn1c(=O)c(C(=O)NCCCP(=O)(O)O)c(O)c2ncc(Cc3ccc(F)cc3)cc21. The molecular weight excluding hydrogens is 428 g/mol. The second kappa shape index (κ2) is 8.97. The lowest BCUT2D eigenvalue weighted by Crippen LogP contribution is -2.33. The van der Waals surface area contributed by atoms with Gasteiger partial charge in [-0.2, -0.15) is 0 Å². The lowest BCUT2D eigenvalue weighted by atomic mass is 10.1. The Labute approximate surface area is 176 Å². The molecule has 11 heteroatoms. The number of pyridine rings is 2. The first-order valence-electron chi connectivity index (χ1n) is 9.34. The van der Waals surface area contributed by atoms with E-state index in [0.717, 1.165) is 11.1 Å². The first-order chi connectivity index (χ1) is 14.6. The molecular formula is C20H21FN3O6P. The summed E-state index contributed by atoms with van der Waals surface area (Å²) in [7, 11) is -2.74. The van der Waals surface area contributed by atoms with E-state index in [0.29, 0.717) is 11.9 Å². The molecule has 0 aliphatic rings. The van der Waals surface area contributed by atoms with E-state index in [1.54, 1.807) is 18.2 Å². The van der Waals surface area contributed by atoms with Crippen LogP contribution in [-0.2, 0) is 18.0 Å². The van der Waals surface area contributed by atoms with Crippen LogP contribution in [0.4, 0.5) is 4.39 Å². The van der Waals surface area contributed by atoms with Crippen LogP contribution in [0.2, 0.25) is 0 Å². The number of aromatic hydroxyl groups is 1. The molecule has 0 radical (unpaired) electrons. The molecule has 1 amide bonds. The molecule has 0 unspecified atom stereocenters. The molecule has 0 fully saturated rings. The molecule has 0 aliphatic heterocycles. The third-order valence-electron chi connectivity index (χ3n) is 4.73. The molecule has 4 N–H and O–H groups in total. The lowest BCUT2D eigenvalue weighted by Gasteiger charge is -2.13. The fourth-order valence-corrected chi connectivity index (χ4v) is 3.71. The molecule has 2 heterocycles. The number of halogens is 1. The van der Waals surface area contributed by atoms with E-state index in [1.165, 1.54) is 29.9 Å². The van der Waals surface area contributed by atoms with Gasteiger partial charge in [-0.3, -0.25) is 19.1 Å². The summed E-state index contributed by atoms with van der Waals surface area (Å²) in [4.78, 5) is 47.0. The van der Waals surface area contributed by atoms with Crippen molar-refractivity contribution < 1.29 is 28.6 Å². The third-order valence-corrected chi connectivity index (χ3v) is 5.62. The minimum absolute atomic E-state index is 0.00960. The zero-order chi connectivity index (χ0) is 22.8. The van der Waals surface area contributed by atoms with Crippen LogP contribution in [0.25, 0.3) is 11.0 Å². The Kier molecular flexibility index (Phi) is 6.54. The maximum absolute atomic E-state index is 13.1. The van der Waals surface area contributed by atoms with Gasteiger partial charge in [0.05, 0.1) is 11.7 Å². The van der Waals surface area contributed by atoms with Crippen molar-refractivity contribution in [2.75, 3.05) is 12.7 Å². The van der Waals surface area contributed by atoms with Crippen LogP contribution in [0, 0.1) is 5.82 Å². The summed E-state index contributed by atoms with van der Waals surface area (Å²) in [5.41, 5.74) is 0.708. The van der Waals surface area contributed by atoms with E-state index in [2.05, 4.69) is 10.3 Å². The summed E-state index contributed by atoms with van der Waals surface area (Å²) in [5.74, 6) is -1.78. The Morgan fingerprint density at radius 2 is 1.90 bits per heavy atom. The molecule has 3 rings (SSSR count). The number of hydrogen-bond donors (Lipinski definition) is 4. The number of nitrogens with zero attached hydrogens (tertiary/aromatic N) is 2. The monoisotopic (exact) mass is 449 g/mol. The Morgan fingerprint density at radius 3 is 2.55 bits per heavy atom. The third kappa shape index (κ3) is 5.35. The summed E-state index contributed by atoms with van der Waals surface area (Å²) in [6.45, 7) is -0.0748. The van der Waals surface area contributed by atoms with Crippen LogP contribution in [0.1, 0.15) is 27.9 Å². The molecule has 0 atom stereocenters. The van der Waals surface area contributed by atoms with Crippen LogP contribution in [0.15, 0.2) is 41.3 Å². The lowest BCUT2D eigenvalue weighted by molar-refractivity contribution is 0.0949. The second-order valence-corrected chi connectivity index (χ2v) is 8.88. The largest absolute Gasteiger partial charge is 0.505 e. The number of carbonyl (C=O) groups excluding carboxylic acids is 1. The summed E-state index contributed by atoms with van der Waals surface area (Å²) < 4.78 is 25.1. The number of benzene rings is 1. The highest BCUT2D eigenvalue weighted by molar-refractivity contribution is 7.51. The number of fused-ring (bicyclic) bond motifs is 1. The second-order valence-electron chi connectivity index (χ2n) is 7.10. The number of rotatable bonds is 7. The van der Waals surface area contributed by atoms with Crippen molar-refractivity contribution in [3.63, 3.8) is 0 Å². The molecule has 9 nitrogen and oxygen atoms in total. The predicted octanol–water partition coefficient (Wildman–Crippen LogP) is 1.67. The highest BCUT2D eigenvalue weighted by Gasteiger charge is 2.22. The molecule has 1 aromatic carbocycles. The van der Waals surface area contributed by atoms with Gasteiger partial charge in [0.15, 0.2) is 5.75 Å². The van der Waals surface area contributed by atoms with Gasteiger partial charge < -0.3 is 24.8 Å². The van der Waals surface area contributed by atoms with Gasteiger partial charge in [-0.1, -0.05) is 12.1 Å². The van der Waals surface area contributed by atoms with Crippen LogP contribution in [0.3, 0.4) is 0 Å². The Hall–Kier alpha value is -3.07. The average molecular weight is 449 g/mol. The highest BCUT2D eigenvalue weighted by atomic mass is 31.2. The normalized spacial score (nSPS) is 11.6. The van der Waals surface area contributed by atoms with Crippen LogP contribution in [0.5, 0.6) is 5.75 Å². The Morgan fingerprint density at radius 1 is 1.23 bits per heavy atom. The first-order valence-corrected chi connectivity index (χ1v) is 11.1. The molecule has 0 spiro atoms. The summed E-state index contributed by atoms with van der Waals surface area (Å²) in [6.07, 6.45) is 1.53. The molecule has 0 saturated heterocycles. The van der Waals surface area contributed by atoms with Crippen molar-refractivity contribution in [3.8, 4) is 5.75 Å². The zero-order valence-corrected chi connectivity index (χ0v) is 17.5. The van der Waals surface area contributed by atoms with E-state index in [4.69, 9.17) is 9.79 Å². The fourth-order valence-electron chi connectivity index (χ4n) is 3.14. The molecule has 0 aliphatic carbocycles. The fraction of sp³-hybridized carbons (Fsp3) is 0.250. The van der Waals surface area contributed by atoms with Crippen molar-refractivity contribution in [2.24, 2.45) is 7.05 Å². The number of hydrogen-bond acceptors (Lipinski definition) is 5. The maximum Gasteiger partial charge on any atom is 0.325 e. The van der Waals surface area contributed by atoms with Gasteiger partial charge >= 0.3 is 7.60 Å². The highest BCUT2D eigenvalue weighted by Crippen LogP contribution is 2.34. The standard InChI is InChI=1S/C20H21FN3O6P/c1-24-15-10-13(9-12-3-5-14(21)6-4-12)11-23-17(15)18(25)16(20(24)27)19(26)22-7-2-8-31(28,29)30/h3-6,10-11,25H,2,7-9H2,1H3,(H,22,26)(H2,28,29,30). The van der Waals surface area contributed by atoms with Crippen LogP contribution in [-0.4, -0.2) is 43.1 Å². The number of amides is 1. The van der Waals surface area contributed by atoms with E-state index in [-0.39, 0.29) is 24.3 Å². The quantitative estimate of drug-likeness (QED) is 0.318. The van der Waals surface area contributed by atoms with Gasteiger partial charge in [0.2, 0.25) is 0 Å². The molecule has 0 saturated carbocycles. The van der Waals surface area contributed by atoms with Crippen molar-refractivity contribution in [1.82, 2.24) is 14.9 Å². The molecule has 0 bridgehead atoms. The van der Waals surface area contributed by atoms with Gasteiger partial charge in [-0.05, 0) is 42.2 Å². The van der Waals surface area contributed by atoms with E-state index in [9.17, 15) is 23.7 Å². The Balaban J connectivity index is 1.88. The van der Waals surface area contributed by atoms with E-state index < -0.39 is 36.5 Å². The van der Waals surface area contributed by atoms with Gasteiger partial charge in [0.25, 0.3) is 11.5 Å². The molecule has 2 aromatic heterocycles. The van der Waals surface area contributed by atoms with Crippen molar-refractivity contribution in [3.05, 3.63) is 69.4 Å². The number of aromatic nitrogens is 2. The van der Waals surface area contributed by atoms with Crippen molar-refractivity contribution in [2.45, 2.75) is 12.8 Å². The van der Waals surface area contributed by atoms with Gasteiger partial charge in [0, 0.05) is 19.8 Å². The Bertz CT molecular complexity index is 1240. The van der Waals surface area contributed by atoms with Gasteiger partial charge in [-0.15, -0.1) is 0 Å². The van der Waals surface area contributed by atoms with Crippen LogP contribution >= 0.6 is 7.60 Å². The minimum Gasteiger partial charge on any atom is -0.505 e. The van der Waals surface area contributed by atoms with E-state index in [1.807, 2.05) is 0 Å². The topological polar surface area (TPSA) is 142 Å². The first kappa shape index (κ1) is 22.6. The van der Waals surface area contributed by atoms with Gasteiger partial charge in [0.1, 0.15) is 16.9 Å². The van der Waals surface area contributed by atoms with Gasteiger partial charge in [-0.25, -0.2) is 4.39 Å². The zero-order valence-electron chi connectivity index (χ0n) is 16.6. The molecule has 164 valence electrons. The number of aryl methyl sites for hydroxylation is 1. The molecule has 31 heavy (non-hydrogen) atoms. The maximum atomic E-state index is 13.1. The van der Waals surface area contributed by atoms with Crippen molar-refractivity contribution >= 4 is 24.5 Å². The smallest absolute Gasteiger partial charge is 0.325 e. The minimum atomic E-state index is -4.18.